The van der Waals surface area contributed by atoms with Crippen LogP contribution < -0.4 is 5.32 Å². The standard InChI is InChI=1S/C18H35N/c1-5-18(3,4)16-10-12-17(13-11-16)19-14(2)15-8-6-7-9-15/h14-17,19H,5-13H2,1-4H3. The van der Waals surface area contributed by atoms with Crippen LogP contribution in [0.5, 0.6) is 0 Å². The highest BCUT2D eigenvalue weighted by atomic mass is 15.0. The van der Waals surface area contributed by atoms with Crippen molar-refractivity contribution in [3.63, 3.8) is 0 Å². The SMILES string of the molecule is CCC(C)(C)C1CCC(NC(C)C2CCCC2)CC1. The van der Waals surface area contributed by atoms with Crippen LogP contribution in [0.25, 0.3) is 0 Å². The first-order valence-corrected chi connectivity index (χ1v) is 8.79. The zero-order valence-electron chi connectivity index (χ0n) is 13.7. The molecule has 1 heteroatoms. The largest absolute Gasteiger partial charge is 0.311 e. The average Bonchev–Trinajstić information content (AvgIpc) is 2.93. The zero-order chi connectivity index (χ0) is 13.9. The normalized spacial score (nSPS) is 31.6. The Balaban J connectivity index is 1.74. The Morgan fingerprint density at radius 2 is 1.58 bits per heavy atom. The fourth-order valence-electron chi connectivity index (χ4n) is 4.30. The molecule has 1 nitrogen and oxygen atoms in total. The summed E-state index contributed by atoms with van der Waals surface area (Å²) in [5.41, 5.74) is 0.558. The molecule has 0 aliphatic heterocycles. The first kappa shape index (κ1) is 15.4. The van der Waals surface area contributed by atoms with Crippen LogP contribution >= 0.6 is 0 Å². The van der Waals surface area contributed by atoms with E-state index in [1.165, 1.54) is 57.8 Å². The molecule has 0 saturated heterocycles. The number of nitrogens with one attached hydrogen (secondary N) is 1. The highest BCUT2D eigenvalue weighted by Gasteiger charge is 2.32. The van der Waals surface area contributed by atoms with E-state index >= 15 is 0 Å². The smallest absolute Gasteiger partial charge is 0.00698 e. The molecule has 2 saturated carbocycles. The summed E-state index contributed by atoms with van der Waals surface area (Å²) in [4.78, 5) is 0. The summed E-state index contributed by atoms with van der Waals surface area (Å²) in [5.74, 6) is 1.92. The first-order chi connectivity index (χ1) is 9.03. The van der Waals surface area contributed by atoms with Gasteiger partial charge in [0, 0.05) is 12.1 Å². The van der Waals surface area contributed by atoms with Crippen LogP contribution in [-0.2, 0) is 0 Å². The second-order valence-electron chi connectivity index (χ2n) is 7.89. The molecule has 0 aromatic rings. The fraction of sp³-hybridized carbons (Fsp3) is 1.00. The predicted molar refractivity (Wildman–Crippen MR) is 84.4 cm³/mol. The molecule has 1 atom stereocenters. The Labute approximate surface area is 120 Å². The Morgan fingerprint density at radius 1 is 1.00 bits per heavy atom. The van der Waals surface area contributed by atoms with Gasteiger partial charge in [0.05, 0.1) is 0 Å². The van der Waals surface area contributed by atoms with Crippen molar-refractivity contribution >= 4 is 0 Å². The van der Waals surface area contributed by atoms with Crippen LogP contribution in [0.2, 0.25) is 0 Å². The van der Waals surface area contributed by atoms with Gasteiger partial charge in [-0.3, -0.25) is 0 Å². The fourth-order valence-corrected chi connectivity index (χ4v) is 4.30. The molecule has 2 fully saturated rings. The molecule has 0 heterocycles. The van der Waals surface area contributed by atoms with E-state index in [0.717, 1.165) is 23.9 Å². The van der Waals surface area contributed by atoms with Gasteiger partial charge in [-0.1, -0.05) is 40.0 Å². The van der Waals surface area contributed by atoms with Crippen LogP contribution in [-0.4, -0.2) is 12.1 Å². The molecule has 0 aromatic carbocycles. The predicted octanol–water partition coefficient (Wildman–Crippen LogP) is 5.15. The minimum absolute atomic E-state index is 0.558. The molecule has 2 rings (SSSR count). The minimum Gasteiger partial charge on any atom is -0.311 e. The maximum atomic E-state index is 3.95. The van der Waals surface area contributed by atoms with E-state index in [1.54, 1.807) is 0 Å². The summed E-state index contributed by atoms with van der Waals surface area (Å²) in [6.45, 7) is 9.71. The molecule has 0 radical (unpaired) electrons. The van der Waals surface area contributed by atoms with E-state index in [0.29, 0.717) is 5.41 Å². The molecular weight excluding hydrogens is 230 g/mol. The van der Waals surface area contributed by atoms with Gasteiger partial charge in [-0.15, -0.1) is 0 Å². The molecular formula is C18H35N. The molecule has 2 aliphatic carbocycles. The Morgan fingerprint density at radius 3 is 2.11 bits per heavy atom. The Bertz CT molecular complexity index is 257. The molecule has 1 unspecified atom stereocenters. The third-order valence-corrected chi connectivity index (χ3v) is 6.35. The maximum absolute atomic E-state index is 3.95. The number of hydrogen-bond acceptors (Lipinski definition) is 1. The van der Waals surface area contributed by atoms with Gasteiger partial charge >= 0.3 is 0 Å². The summed E-state index contributed by atoms with van der Waals surface area (Å²) >= 11 is 0. The second-order valence-corrected chi connectivity index (χ2v) is 7.89. The lowest BCUT2D eigenvalue weighted by Crippen LogP contribution is -2.43. The van der Waals surface area contributed by atoms with Crippen molar-refractivity contribution in [1.82, 2.24) is 5.32 Å². The second kappa shape index (κ2) is 6.61. The highest BCUT2D eigenvalue weighted by molar-refractivity contribution is 4.87. The van der Waals surface area contributed by atoms with Gasteiger partial charge in [0.15, 0.2) is 0 Å². The quantitative estimate of drug-likeness (QED) is 0.725. The van der Waals surface area contributed by atoms with Gasteiger partial charge in [-0.25, -0.2) is 0 Å². The Kier molecular flexibility index (Phi) is 5.34. The van der Waals surface area contributed by atoms with Crippen LogP contribution in [0, 0.1) is 17.3 Å². The first-order valence-electron chi connectivity index (χ1n) is 8.79. The van der Waals surface area contributed by atoms with Gasteiger partial charge in [0.2, 0.25) is 0 Å². The molecule has 112 valence electrons. The molecule has 19 heavy (non-hydrogen) atoms. The van der Waals surface area contributed by atoms with Gasteiger partial charge in [0.25, 0.3) is 0 Å². The maximum Gasteiger partial charge on any atom is 0.00698 e. The van der Waals surface area contributed by atoms with E-state index in [2.05, 4.69) is 33.0 Å². The summed E-state index contributed by atoms with van der Waals surface area (Å²) in [6, 6.07) is 1.56. The molecule has 0 spiro atoms. The van der Waals surface area contributed by atoms with Crippen LogP contribution in [0.4, 0.5) is 0 Å². The van der Waals surface area contributed by atoms with Crippen LogP contribution in [0.1, 0.15) is 85.5 Å². The van der Waals surface area contributed by atoms with Gasteiger partial charge in [-0.05, 0) is 62.7 Å². The van der Waals surface area contributed by atoms with E-state index in [-0.39, 0.29) is 0 Å². The lowest BCUT2D eigenvalue weighted by Gasteiger charge is -2.40. The lowest BCUT2D eigenvalue weighted by molar-refractivity contribution is 0.131. The highest BCUT2D eigenvalue weighted by Crippen LogP contribution is 2.40. The summed E-state index contributed by atoms with van der Waals surface area (Å²) < 4.78 is 0. The van der Waals surface area contributed by atoms with E-state index in [9.17, 15) is 0 Å². The molecule has 0 aromatic heterocycles. The van der Waals surface area contributed by atoms with Crippen molar-refractivity contribution in [1.29, 1.82) is 0 Å². The van der Waals surface area contributed by atoms with Gasteiger partial charge in [-0.2, -0.15) is 0 Å². The van der Waals surface area contributed by atoms with E-state index in [1.807, 2.05) is 0 Å². The van der Waals surface area contributed by atoms with Crippen LogP contribution in [0.3, 0.4) is 0 Å². The van der Waals surface area contributed by atoms with Crippen molar-refractivity contribution < 1.29 is 0 Å². The molecule has 1 N–H and O–H groups in total. The van der Waals surface area contributed by atoms with E-state index < -0.39 is 0 Å². The zero-order valence-corrected chi connectivity index (χ0v) is 13.7. The summed E-state index contributed by atoms with van der Waals surface area (Å²) in [7, 11) is 0. The summed E-state index contributed by atoms with van der Waals surface area (Å²) in [6.07, 6.45) is 12.9. The number of rotatable bonds is 5. The third-order valence-electron chi connectivity index (χ3n) is 6.35. The summed E-state index contributed by atoms with van der Waals surface area (Å²) in [5, 5.41) is 3.95. The Hall–Kier alpha value is -0.0400. The minimum atomic E-state index is 0.558. The topological polar surface area (TPSA) is 12.0 Å². The van der Waals surface area contributed by atoms with Crippen LogP contribution in [0.15, 0.2) is 0 Å². The third kappa shape index (κ3) is 3.97. The van der Waals surface area contributed by atoms with Crippen molar-refractivity contribution in [2.75, 3.05) is 0 Å². The van der Waals surface area contributed by atoms with E-state index in [4.69, 9.17) is 0 Å². The van der Waals surface area contributed by atoms with Gasteiger partial charge < -0.3 is 5.32 Å². The molecule has 2 aliphatic rings. The monoisotopic (exact) mass is 265 g/mol. The molecule has 0 amide bonds. The lowest BCUT2D eigenvalue weighted by atomic mass is 9.69. The van der Waals surface area contributed by atoms with Crippen molar-refractivity contribution in [2.24, 2.45) is 17.3 Å². The van der Waals surface area contributed by atoms with Gasteiger partial charge in [0.1, 0.15) is 0 Å². The average molecular weight is 265 g/mol. The van der Waals surface area contributed by atoms with Crippen molar-refractivity contribution in [3.8, 4) is 0 Å². The number of hydrogen-bond donors (Lipinski definition) is 1. The van der Waals surface area contributed by atoms with Crippen molar-refractivity contribution in [2.45, 2.75) is 97.6 Å². The molecule has 0 bridgehead atoms. The van der Waals surface area contributed by atoms with Crippen molar-refractivity contribution in [3.05, 3.63) is 0 Å².